The molecule has 0 unspecified atom stereocenters. The normalized spacial score (nSPS) is 30.2. The Bertz CT molecular complexity index is 600. The van der Waals surface area contributed by atoms with Crippen LogP contribution in [0, 0.1) is 5.92 Å². The lowest BCUT2D eigenvalue weighted by Gasteiger charge is -2.53. The Kier molecular flexibility index (Phi) is 4.06. The number of fused-ring (bicyclic) bond motifs is 4. The minimum absolute atomic E-state index is 0.590. The zero-order valence-electron chi connectivity index (χ0n) is 14.2. The topological polar surface area (TPSA) is 9.72 Å². The average molecular weight is 330 g/mol. The fourth-order valence-electron chi connectivity index (χ4n) is 4.89. The highest BCUT2D eigenvalue weighted by atomic mass is 32.1. The predicted molar refractivity (Wildman–Crippen MR) is 98.6 cm³/mol. The van der Waals surface area contributed by atoms with Crippen LogP contribution in [0.15, 0.2) is 24.3 Å². The minimum Gasteiger partial charge on any atom is -0.355 e. The fourth-order valence-corrected chi connectivity index (χ4v) is 5.12. The monoisotopic (exact) mass is 329 g/mol. The summed E-state index contributed by atoms with van der Waals surface area (Å²) in [6.45, 7) is 3.60. The maximum atomic E-state index is 5.73. The van der Waals surface area contributed by atoms with Crippen LogP contribution in [0.4, 0.5) is 0 Å². The van der Waals surface area contributed by atoms with Gasteiger partial charge in [0, 0.05) is 45.8 Å². The molecule has 4 heteroatoms. The third kappa shape index (κ3) is 2.66. The molecule has 23 heavy (non-hydrogen) atoms. The molecule has 1 aromatic carbocycles. The highest BCUT2D eigenvalue weighted by Gasteiger charge is 2.43. The molecule has 3 heterocycles. The smallest absolute Gasteiger partial charge is 0.171 e. The predicted octanol–water partition coefficient (Wildman–Crippen LogP) is 2.92. The molecule has 2 fully saturated rings. The van der Waals surface area contributed by atoms with Gasteiger partial charge in [-0.25, -0.2) is 0 Å². The van der Waals surface area contributed by atoms with Crippen molar-refractivity contribution in [3.8, 4) is 0 Å². The zero-order valence-corrected chi connectivity index (χ0v) is 15.1. The van der Waals surface area contributed by atoms with Crippen LogP contribution in [0.5, 0.6) is 0 Å². The van der Waals surface area contributed by atoms with Gasteiger partial charge in [-0.3, -0.25) is 4.90 Å². The Hall–Kier alpha value is -1.13. The fraction of sp³-hybridized carbons (Fsp3) is 0.632. The lowest BCUT2D eigenvalue weighted by Crippen LogP contribution is -2.58. The van der Waals surface area contributed by atoms with Crippen molar-refractivity contribution < 1.29 is 0 Å². The van der Waals surface area contributed by atoms with Gasteiger partial charge in [0.15, 0.2) is 5.11 Å². The molecule has 2 saturated heterocycles. The van der Waals surface area contributed by atoms with E-state index in [1.807, 2.05) is 0 Å². The Morgan fingerprint density at radius 3 is 2.87 bits per heavy atom. The first-order valence-electron chi connectivity index (χ1n) is 8.95. The summed E-state index contributed by atoms with van der Waals surface area (Å²) in [5.41, 5.74) is 3.13. The van der Waals surface area contributed by atoms with Gasteiger partial charge in [-0.1, -0.05) is 24.3 Å². The van der Waals surface area contributed by atoms with Crippen molar-refractivity contribution in [2.45, 2.75) is 37.8 Å². The Morgan fingerprint density at radius 2 is 2.04 bits per heavy atom. The first-order valence-corrected chi connectivity index (χ1v) is 9.35. The average Bonchev–Trinajstić information content (AvgIpc) is 2.58. The number of piperidine rings is 2. The molecule has 0 bridgehead atoms. The number of hydrogen-bond acceptors (Lipinski definition) is 2. The summed E-state index contributed by atoms with van der Waals surface area (Å²) < 4.78 is 0. The van der Waals surface area contributed by atoms with E-state index >= 15 is 0 Å². The second-order valence-electron chi connectivity index (χ2n) is 7.54. The molecule has 3 atom stereocenters. The van der Waals surface area contributed by atoms with Gasteiger partial charge in [-0.05, 0) is 54.9 Å². The van der Waals surface area contributed by atoms with E-state index in [-0.39, 0.29) is 0 Å². The van der Waals surface area contributed by atoms with Gasteiger partial charge >= 0.3 is 0 Å². The lowest BCUT2D eigenvalue weighted by atomic mass is 9.77. The number of nitrogens with zero attached hydrogens (tertiary/aromatic N) is 3. The first-order chi connectivity index (χ1) is 11.1. The molecule has 0 N–H and O–H groups in total. The number of rotatable bonds is 0. The molecule has 3 aliphatic rings. The van der Waals surface area contributed by atoms with Crippen LogP contribution in [-0.2, 0) is 6.42 Å². The third-order valence-electron chi connectivity index (χ3n) is 6.00. The van der Waals surface area contributed by atoms with E-state index in [1.165, 1.54) is 38.8 Å². The molecule has 1 aromatic rings. The molecule has 3 aliphatic heterocycles. The summed E-state index contributed by atoms with van der Waals surface area (Å²) in [4.78, 5) is 7.38. The molecule has 0 aliphatic carbocycles. The molecular weight excluding hydrogens is 302 g/mol. The molecular formula is C19H27N3S. The summed E-state index contributed by atoms with van der Waals surface area (Å²) in [5, 5.41) is 1.03. The molecule has 3 nitrogen and oxygen atoms in total. The summed E-state index contributed by atoms with van der Waals surface area (Å²) in [6, 6.07) is 10.3. The summed E-state index contributed by atoms with van der Waals surface area (Å²) in [6.07, 6.45) is 5.09. The Labute approximate surface area is 145 Å². The maximum absolute atomic E-state index is 5.73. The van der Waals surface area contributed by atoms with E-state index in [0.29, 0.717) is 12.1 Å². The molecule has 0 saturated carbocycles. The van der Waals surface area contributed by atoms with Crippen LogP contribution >= 0.6 is 12.2 Å². The van der Waals surface area contributed by atoms with Crippen molar-refractivity contribution >= 4 is 17.3 Å². The standard InChI is InChI=1S/C19H27N3S/c1-20(2)19(23)22-10-5-7-15-13-21-11-9-14-6-3-4-8-16(14)18(21)12-17(15)22/h3-4,6,8,15,17-18H,5,7,9-13H2,1-2H3/t15-,17+,18+/m1/s1. The van der Waals surface area contributed by atoms with Crippen molar-refractivity contribution in [1.82, 2.24) is 14.7 Å². The molecule has 0 amide bonds. The van der Waals surface area contributed by atoms with Gasteiger partial charge in [0.1, 0.15) is 0 Å². The van der Waals surface area contributed by atoms with Crippen molar-refractivity contribution in [2.75, 3.05) is 33.7 Å². The van der Waals surface area contributed by atoms with Gasteiger partial charge in [0.25, 0.3) is 0 Å². The van der Waals surface area contributed by atoms with E-state index in [1.54, 1.807) is 11.1 Å². The molecule has 0 spiro atoms. The molecule has 4 rings (SSSR count). The molecule has 0 aromatic heterocycles. The number of thiocarbonyl (C=S) groups is 1. The number of hydrogen-bond donors (Lipinski definition) is 0. The Balaban J connectivity index is 1.62. The summed E-state index contributed by atoms with van der Waals surface area (Å²) in [7, 11) is 4.16. The quantitative estimate of drug-likeness (QED) is 0.677. The lowest BCUT2D eigenvalue weighted by molar-refractivity contribution is 0.0145. The van der Waals surface area contributed by atoms with Gasteiger partial charge in [-0.2, -0.15) is 0 Å². The van der Waals surface area contributed by atoms with Crippen LogP contribution < -0.4 is 0 Å². The Morgan fingerprint density at radius 1 is 1.22 bits per heavy atom. The largest absolute Gasteiger partial charge is 0.355 e. The van der Waals surface area contributed by atoms with E-state index in [9.17, 15) is 0 Å². The summed E-state index contributed by atoms with van der Waals surface area (Å²) >= 11 is 5.73. The van der Waals surface area contributed by atoms with Crippen LogP contribution in [-0.4, -0.2) is 59.6 Å². The summed E-state index contributed by atoms with van der Waals surface area (Å²) in [5.74, 6) is 0.781. The second-order valence-corrected chi connectivity index (χ2v) is 7.90. The highest BCUT2D eigenvalue weighted by Crippen LogP contribution is 2.42. The van der Waals surface area contributed by atoms with Gasteiger partial charge in [0.05, 0.1) is 0 Å². The van der Waals surface area contributed by atoms with Crippen LogP contribution in [0.2, 0.25) is 0 Å². The van der Waals surface area contributed by atoms with E-state index in [0.717, 1.165) is 17.6 Å². The SMILES string of the molecule is CN(C)C(=S)N1CCC[C@@H]2CN3CCc4ccccc4[C@@H]3C[C@@H]21. The van der Waals surface area contributed by atoms with Crippen molar-refractivity contribution in [2.24, 2.45) is 5.92 Å². The van der Waals surface area contributed by atoms with E-state index < -0.39 is 0 Å². The van der Waals surface area contributed by atoms with Gasteiger partial charge in [0.2, 0.25) is 0 Å². The van der Waals surface area contributed by atoms with E-state index in [2.05, 4.69) is 53.1 Å². The number of likely N-dealkylation sites (tertiary alicyclic amines) is 1. The highest BCUT2D eigenvalue weighted by molar-refractivity contribution is 7.80. The zero-order chi connectivity index (χ0) is 16.0. The van der Waals surface area contributed by atoms with Gasteiger partial charge in [-0.15, -0.1) is 0 Å². The number of benzene rings is 1. The van der Waals surface area contributed by atoms with Crippen LogP contribution in [0.25, 0.3) is 0 Å². The molecule has 0 radical (unpaired) electrons. The second kappa shape index (κ2) is 6.06. The van der Waals surface area contributed by atoms with Crippen molar-refractivity contribution in [3.63, 3.8) is 0 Å². The van der Waals surface area contributed by atoms with Gasteiger partial charge < -0.3 is 9.80 Å². The minimum atomic E-state index is 0.590. The third-order valence-corrected chi connectivity index (χ3v) is 6.60. The van der Waals surface area contributed by atoms with Crippen LogP contribution in [0.1, 0.15) is 36.4 Å². The molecule has 124 valence electrons. The van der Waals surface area contributed by atoms with Crippen molar-refractivity contribution in [3.05, 3.63) is 35.4 Å². The first kappa shape index (κ1) is 15.4. The van der Waals surface area contributed by atoms with Crippen LogP contribution in [0.3, 0.4) is 0 Å². The van der Waals surface area contributed by atoms with Crippen molar-refractivity contribution in [1.29, 1.82) is 0 Å². The van der Waals surface area contributed by atoms with E-state index in [4.69, 9.17) is 12.2 Å². The maximum Gasteiger partial charge on any atom is 0.171 e.